The van der Waals surface area contributed by atoms with Crippen LogP contribution < -0.4 is 0 Å². The summed E-state index contributed by atoms with van der Waals surface area (Å²) in [4.78, 5) is 19.4. The fraction of sp³-hybridized carbons (Fsp3) is 0.667. The number of carbonyl (C=O) groups is 1. The highest BCUT2D eigenvalue weighted by Crippen LogP contribution is 2.33. The van der Waals surface area contributed by atoms with E-state index in [1.807, 2.05) is 25.7 Å². The number of nitrogens with zero attached hydrogens (tertiary/aromatic N) is 3. The number of hydrogen-bond donors (Lipinski definition) is 0. The minimum atomic E-state index is -0.451. The molecule has 5 heteroatoms. The third-order valence-electron chi connectivity index (χ3n) is 5.22. The lowest BCUT2D eigenvalue weighted by molar-refractivity contribution is 0.0224. The summed E-state index contributed by atoms with van der Waals surface area (Å²) in [7, 11) is 2.18. The molecule has 2 saturated heterocycles. The first kappa shape index (κ1) is 19.2. The summed E-state index contributed by atoms with van der Waals surface area (Å²) in [6.07, 6.45) is 1.86. The number of piperazine rings is 1. The van der Waals surface area contributed by atoms with Gasteiger partial charge in [0.25, 0.3) is 0 Å². The summed E-state index contributed by atoms with van der Waals surface area (Å²) >= 11 is 0. The highest BCUT2D eigenvalue weighted by Gasteiger charge is 2.33. The highest BCUT2D eigenvalue weighted by atomic mass is 16.6. The summed E-state index contributed by atoms with van der Waals surface area (Å²) in [5, 5.41) is 0. The lowest BCUT2D eigenvalue weighted by Gasteiger charge is -2.32. The van der Waals surface area contributed by atoms with Gasteiger partial charge in [0.1, 0.15) is 5.60 Å². The van der Waals surface area contributed by atoms with Crippen LogP contribution in [0.2, 0.25) is 0 Å². The molecule has 3 rings (SSSR count). The van der Waals surface area contributed by atoms with Crippen molar-refractivity contribution < 1.29 is 9.53 Å². The minimum absolute atomic E-state index is 0.136. The Labute approximate surface area is 157 Å². The van der Waals surface area contributed by atoms with E-state index in [9.17, 15) is 4.79 Å². The summed E-state index contributed by atoms with van der Waals surface area (Å²) in [5.41, 5.74) is 2.12. The Bertz CT molecular complexity index is 618. The average molecular weight is 360 g/mol. The molecular formula is C21H33N3O2. The number of amides is 1. The number of carbonyl (C=O) groups excluding carboxylic acids is 1. The molecule has 1 aromatic rings. The molecule has 0 aliphatic carbocycles. The van der Waals surface area contributed by atoms with Gasteiger partial charge in [0, 0.05) is 39.3 Å². The van der Waals surface area contributed by atoms with Crippen molar-refractivity contribution >= 4 is 6.09 Å². The van der Waals surface area contributed by atoms with Gasteiger partial charge in [-0.1, -0.05) is 24.3 Å². The molecule has 0 N–H and O–H groups in total. The van der Waals surface area contributed by atoms with Gasteiger partial charge in [-0.3, -0.25) is 4.90 Å². The topological polar surface area (TPSA) is 36.0 Å². The quantitative estimate of drug-likeness (QED) is 0.827. The molecule has 0 aromatic heterocycles. The highest BCUT2D eigenvalue weighted by molar-refractivity contribution is 5.69. The van der Waals surface area contributed by atoms with Crippen LogP contribution in [0, 0.1) is 0 Å². The third-order valence-corrected chi connectivity index (χ3v) is 5.22. The first-order valence-corrected chi connectivity index (χ1v) is 9.81. The Hall–Kier alpha value is -1.59. The zero-order chi connectivity index (χ0) is 18.7. The van der Waals surface area contributed by atoms with Crippen LogP contribution in [0.1, 0.15) is 50.8 Å². The normalized spacial score (nSPS) is 22.6. The van der Waals surface area contributed by atoms with Crippen LogP contribution in [0.25, 0.3) is 0 Å². The molecule has 1 amide bonds. The largest absolute Gasteiger partial charge is 0.444 e. The maximum absolute atomic E-state index is 12.6. The van der Waals surface area contributed by atoms with Crippen LogP contribution in [-0.4, -0.2) is 66.2 Å². The van der Waals surface area contributed by atoms with E-state index in [0.717, 1.165) is 52.1 Å². The van der Waals surface area contributed by atoms with E-state index in [2.05, 4.69) is 41.1 Å². The zero-order valence-electron chi connectivity index (χ0n) is 16.7. The summed E-state index contributed by atoms with van der Waals surface area (Å²) in [5.74, 6) is 0. The van der Waals surface area contributed by atoms with Crippen LogP contribution in [0.3, 0.4) is 0 Å². The molecule has 2 aliphatic rings. The number of ether oxygens (including phenoxy) is 1. The Morgan fingerprint density at radius 3 is 2.58 bits per heavy atom. The zero-order valence-corrected chi connectivity index (χ0v) is 16.7. The SMILES string of the molecule is CN1CCN(Cc2cccc(C3CCCN3C(=O)OC(C)(C)C)c2)CC1. The molecule has 2 fully saturated rings. The van der Waals surface area contributed by atoms with Gasteiger partial charge in [-0.2, -0.15) is 0 Å². The second-order valence-electron chi connectivity index (χ2n) is 8.66. The number of likely N-dealkylation sites (N-methyl/N-ethyl adjacent to an activating group) is 1. The van der Waals surface area contributed by atoms with Gasteiger partial charge in [0.15, 0.2) is 0 Å². The molecule has 2 heterocycles. The van der Waals surface area contributed by atoms with Gasteiger partial charge < -0.3 is 14.5 Å². The molecule has 5 nitrogen and oxygen atoms in total. The third kappa shape index (κ3) is 4.98. The number of rotatable bonds is 3. The van der Waals surface area contributed by atoms with Crippen LogP contribution >= 0.6 is 0 Å². The van der Waals surface area contributed by atoms with Crippen molar-refractivity contribution in [2.75, 3.05) is 39.8 Å². The molecule has 0 saturated carbocycles. The van der Waals surface area contributed by atoms with E-state index in [0.29, 0.717) is 0 Å². The van der Waals surface area contributed by atoms with E-state index in [1.165, 1.54) is 11.1 Å². The standard InChI is InChI=1S/C21H33N3O2/c1-21(2,3)26-20(25)24-10-6-9-19(24)18-8-5-7-17(15-18)16-23-13-11-22(4)12-14-23/h5,7-8,15,19H,6,9-14,16H2,1-4H3. The van der Waals surface area contributed by atoms with E-state index >= 15 is 0 Å². The van der Waals surface area contributed by atoms with Crippen molar-refractivity contribution in [3.8, 4) is 0 Å². The predicted octanol–water partition coefficient (Wildman–Crippen LogP) is 3.51. The van der Waals surface area contributed by atoms with Gasteiger partial charge >= 0.3 is 6.09 Å². The molecule has 144 valence electrons. The summed E-state index contributed by atoms with van der Waals surface area (Å²) < 4.78 is 5.61. The van der Waals surface area contributed by atoms with Crippen molar-refractivity contribution in [1.82, 2.24) is 14.7 Å². The van der Waals surface area contributed by atoms with Crippen molar-refractivity contribution in [3.05, 3.63) is 35.4 Å². The van der Waals surface area contributed by atoms with E-state index in [4.69, 9.17) is 4.74 Å². The van der Waals surface area contributed by atoms with Crippen molar-refractivity contribution in [2.45, 2.75) is 51.8 Å². The van der Waals surface area contributed by atoms with Gasteiger partial charge in [0.2, 0.25) is 0 Å². The Kier molecular flexibility index (Phi) is 5.88. The smallest absolute Gasteiger partial charge is 0.410 e. The molecule has 26 heavy (non-hydrogen) atoms. The Morgan fingerprint density at radius 2 is 1.88 bits per heavy atom. The van der Waals surface area contributed by atoms with Crippen molar-refractivity contribution in [2.24, 2.45) is 0 Å². The van der Waals surface area contributed by atoms with Crippen molar-refractivity contribution in [1.29, 1.82) is 0 Å². The molecule has 1 unspecified atom stereocenters. The molecule has 2 aliphatic heterocycles. The first-order valence-electron chi connectivity index (χ1n) is 9.81. The van der Waals surface area contributed by atoms with E-state index in [1.54, 1.807) is 0 Å². The van der Waals surface area contributed by atoms with Gasteiger partial charge in [-0.15, -0.1) is 0 Å². The fourth-order valence-electron chi connectivity index (χ4n) is 3.82. The Balaban J connectivity index is 1.67. The van der Waals surface area contributed by atoms with Gasteiger partial charge in [0.05, 0.1) is 6.04 Å². The van der Waals surface area contributed by atoms with Crippen LogP contribution in [0.15, 0.2) is 24.3 Å². The minimum Gasteiger partial charge on any atom is -0.444 e. The van der Waals surface area contributed by atoms with Crippen LogP contribution in [-0.2, 0) is 11.3 Å². The van der Waals surface area contributed by atoms with Crippen LogP contribution in [0.4, 0.5) is 4.79 Å². The molecular weight excluding hydrogens is 326 g/mol. The second-order valence-corrected chi connectivity index (χ2v) is 8.66. The molecule has 1 atom stereocenters. The predicted molar refractivity (Wildman–Crippen MR) is 104 cm³/mol. The van der Waals surface area contributed by atoms with E-state index in [-0.39, 0.29) is 12.1 Å². The average Bonchev–Trinajstić information content (AvgIpc) is 3.06. The molecule has 1 aromatic carbocycles. The summed E-state index contributed by atoms with van der Waals surface area (Å²) in [6, 6.07) is 8.91. The fourth-order valence-corrected chi connectivity index (χ4v) is 3.82. The maximum atomic E-state index is 12.6. The lowest BCUT2D eigenvalue weighted by atomic mass is 10.0. The van der Waals surface area contributed by atoms with Crippen LogP contribution in [0.5, 0.6) is 0 Å². The maximum Gasteiger partial charge on any atom is 0.410 e. The first-order chi connectivity index (χ1) is 12.3. The van der Waals surface area contributed by atoms with Crippen molar-refractivity contribution in [3.63, 3.8) is 0 Å². The molecule has 0 spiro atoms. The second kappa shape index (κ2) is 7.97. The number of hydrogen-bond acceptors (Lipinski definition) is 4. The van der Waals surface area contributed by atoms with E-state index < -0.39 is 5.60 Å². The van der Waals surface area contributed by atoms with Gasteiger partial charge in [-0.05, 0) is 51.8 Å². The molecule has 0 bridgehead atoms. The van der Waals surface area contributed by atoms with Gasteiger partial charge in [-0.25, -0.2) is 4.79 Å². The Morgan fingerprint density at radius 1 is 1.15 bits per heavy atom. The molecule has 0 radical (unpaired) electrons. The number of likely N-dealkylation sites (tertiary alicyclic amines) is 1. The lowest BCUT2D eigenvalue weighted by Crippen LogP contribution is -2.43. The monoisotopic (exact) mass is 359 g/mol. The summed E-state index contributed by atoms with van der Waals surface area (Å²) in [6.45, 7) is 12.0. The number of benzene rings is 1.